The average Bonchev–Trinajstić information content (AvgIpc) is 2.36. The summed E-state index contributed by atoms with van der Waals surface area (Å²) in [5, 5.41) is 10.3. The molecule has 1 amide bonds. The summed E-state index contributed by atoms with van der Waals surface area (Å²) in [6, 6.07) is 7.29. The summed E-state index contributed by atoms with van der Waals surface area (Å²) in [4.78, 5) is 11.7. The van der Waals surface area contributed by atoms with E-state index < -0.39 is 0 Å². The molecule has 0 heterocycles. The highest BCUT2D eigenvalue weighted by Gasteiger charge is 2.11. The molecule has 0 saturated carbocycles. The smallest absolute Gasteiger partial charge is 0.250 e. The zero-order valence-electron chi connectivity index (χ0n) is 10.3. The van der Waals surface area contributed by atoms with E-state index in [4.69, 9.17) is 4.74 Å². The van der Waals surface area contributed by atoms with Crippen molar-refractivity contribution in [2.75, 3.05) is 13.7 Å². The third-order valence-electron chi connectivity index (χ3n) is 2.50. The number of nitrogens with zero attached hydrogens (tertiary/aromatic N) is 1. The maximum atomic E-state index is 11.7. The van der Waals surface area contributed by atoms with Crippen LogP contribution in [0.3, 0.4) is 0 Å². The molecule has 0 radical (unpaired) electrons. The molecule has 1 N–H and O–H groups in total. The van der Waals surface area contributed by atoms with Gasteiger partial charge in [-0.05, 0) is 24.1 Å². The van der Waals surface area contributed by atoms with Crippen molar-refractivity contribution in [3.05, 3.63) is 29.8 Å². The molecule has 0 aliphatic carbocycles. The molecular weight excluding hydrogens is 218 g/mol. The Hall–Kier alpha value is -1.55. The zero-order valence-corrected chi connectivity index (χ0v) is 10.3. The van der Waals surface area contributed by atoms with Crippen molar-refractivity contribution in [3.63, 3.8) is 0 Å². The lowest BCUT2D eigenvalue weighted by molar-refractivity contribution is -0.164. The number of methoxy groups -OCH3 is 1. The van der Waals surface area contributed by atoms with Crippen molar-refractivity contribution in [3.8, 4) is 5.75 Å². The summed E-state index contributed by atoms with van der Waals surface area (Å²) in [5.74, 6) is 0.431. The van der Waals surface area contributed by atoms with Gasteiger partial charge in [-0.25, -0.2) is 5.06 Å². The van der Waals surface area contributed by atoms with E-state index in [-0.39, 0.29) is 12.3 Å². The number of hydrogen-bond acceptors (Lipinski definition) is 3. The van der Waals surface area contributed by atoms with E-state index in [0.29, 0.717) is 12.3 Å². The number of carbonyl (C=O) groups is 1. The van der Waals surface area contributed by atoms with E-state index in [1.165, 1.54) is 0 Å². The molecule has 1 rings (SSSR count). The molecule has 1 aromatic carbocycles. The van der Waals surface area contributed by atoms with Crippen LogP contribution in [0, 0.1) is 0 Å². The van der Waals surface area contributed by atoms with Gasteiger partial charge in [-0.3, -0.25) is 10.0 Å². The molecule has 0 aromatic heterocycles. The van der Waals surface area contributed by atoms with Crippen molar-refractivity contribution < 1.29 is 14.7 Å². The molecule has 0 fully saturated rings. The Morgan fingerprint density at radius 3 is 2.88 bits per heavy atom. The minimum Gasteiger partial charge on any atom is -0.497 e. The fourth-order valence-corrected chi connectivity index (χ4v) is 1.48. The Bertz CT molecular complexity index is 365. The molecule has 94 valence electrons. The van der Waals surface area contributed by atoms with Crippen LogP contribution >= 0.6 is 0 Å². The van der Waals surface area contributed by atoms with Crippen molar-refractivity contribution >= 4 is 5.91 Å². The SMILES string of the molecule is CCCCN(O)C(=O)Cc1cccc(OC)c1. The zero-order chi connectivity index (χ0) is 12.7. The standard InChI is InChI=1S/C13H19NO3/c1-3-4-8-14(16)13(15)10-11-6-5-7-12(9-11)17-2/h5-7,9,16H,3-4,8,10H2,1-2H3. The second-order valence-corrected chi connectivity index (χ2v) is 3.90. The summed E-state index contributed by atoms with van der Waals surface area (Å²) in [7, 11) is 1.58. The highest BCUT2D eigenvalue weighted by atomic mass is 16.5. The van der Waals surface area contributed by atoms with Crippen LogP contribution in [0.4, 0.5) is 0 Å². The molecule has 0 aliphatic rings. The quantitative estimate of drug-likeness (QED) is 0.610. The molecule has 1 aromatic rings. The van der Waals surface area contributed by atoms with E-state index in [0.717, 1.165) is 23.5 Å². The van der Waals surface area contributed by atoms with Gasteiger partial charge in [0.2, 0.25) is 5.91 Å². The fourth-order valence-electron chi connectivity index (χ4n) is 1.48. The van der Waals surface area contributed by atoms with Crippen LogP contribution in [0.2, 0.25) is 0 Å². The third-order valence-corrected chi connectivity index (χ3v) is 2.50. The summed E-state index contributed by atoms with van der Waals surface area (Å²) in [6.07, 6.45) is 1.95. The van der Waals surface area contributed by atoms with Gasteiger partial charge in [0.15, 0.2) is 0 Å². The lowest BCUT2D eigenvalue weighted by atomic mass is 10.1. The van der Waals surface area contributed by atoms with E-state index in [1.54, 1.807) is 13.2 Å². The number of rotatable bonds is 6. The number of benzene rings is 1. The minimum absolute atomic E-state index is 0.192. The molecule has 0 saturated heterocycles. The highest BCUT2D eigenvalue weighted by Crippen LogP contribution is 2.13. The Kier molecular flexibility index (Phi) is 5.49. The van der Waals surface area contributed by atoms with Crippen LogP contribution in [0.5, 0.6) is 5.75 Å². The first-order chi connectivity index (χ1) is 8.17. The van der Waals surface area contributed by atoms with Crippen LogP contribution < -0.4 is 4.74 Å². The van der Waals surface area contributed by atoms with Crippen molar-refractivity contribution in [2.24, 2.45) is 0 Å². The number of hydroxylamine groups is 2. The fraction of sp³-hybridized carbons (Fsp3) is 0.462. The summed E-state index contributed by atoms with van der Waals surface area (Å²) < 4.78 is 5.07. The molecule has 4 nitrogen and oxygen atoms in total. The first-order valence-corrected chi connectivity index (χ1v) is 5.79. The van der Waals surface area contributed by atoms with Gasteiger partial charge in [0.05, 0.1) is 13.5 Å². The first-order valence-electron chi connectivity index (χ1n) is 5.79. The maximum Gasteiger partial charge on any atom is 0.250 e. The Morgan fingerprint density at radius 1 is 1.47 bits per heavy atom. The Labute approximate surface area is 102 Å². The van der Waals surface area contributed by atoms with Crippen molar-refractivity contribution in [1.29, 1.82) is 0 Å². The number of unbranched alkanes of at least 4 members (excludes halogenated alkanes) is 1. The molecular formula is C13H19NO3. The third kappa shape index (κ3) is 4.44. The molecule has 0 aliphatic heterocycles. The van der Waals surface area contributed by atoms with E-state index in [9.17, 15) is 10.0 Å². The topological polar surface area (TPSA) is 49.8 Å². The van der Waals surface area contributed by atoms with E-state index in [2.05, 4.69) is 0 Å². The van der Waals surface area contributed by atoms with Crippen LogP contribution in [0.15, 0.2) is 24.3 Å². The number of ether oxygens (including phenoxy) is 1. The highest BCUT2D eigenvalue weighted by molar-refractivity contribution is 5.77. The predicted molar refractivity (Wildman–Crippen MR) is 65.1 cm³/mol. The van der Waals surface area contributed by atoms with Gasteiger partial charge >= 0.3 is 0 Å². The number of amides is 1. The molecule has 0 atom stereocenters. The van der Waals surface area contributed by atoms with E-state index in [1.807, 2.05) is 25.1 Å². The van der Waals surface area contributed by atoms with Crippen LogP contribution in [0.1, 0.15) is 25.3 Å². The number of hydrogen-bond donors (Lipinski definition) is 1. The Morgan fingerprint density at radius 2 is 2.24 bits per heavy atom. The molecule has 0 unspecified atom stereocenters. The minimum atomic E-state index is -0.285. The van der Waals surface area contributed by atoms with Crippen LogP contribution in [0.25, 0.3) is 0 Å². The largest absolute Gasteiger partial charge is 0.497 e. The normalized spacial score (nSPS) is 10.1. The molecule has 17 heavy (non-hydrogen) atoms. The van der Waals surface area contributed by atoms with Gasteiger partial charge in [-0.1, -0.05) is 25.5 Å². The second kappa shape index (κ2) is 6.91. The monoisotopic (exact) mass is 237 g/mol. The predicted octanol–water partition coefficient (Wildman–Crippen LogP) is 2.26. The first kappa shape index (κ1) is 13.5. The lowest BCUT2D eigenvalue weighted by Crippen LogP contribution is -2.29. The van der Waals surface area contributed by atoms with Gasteiger partial charge in [0, 0.05) is 6.54 Å². The van der Waals surface area contributed by atoms with Crippen LogP contribution in [-0.4, -0.2) is 29.8 Å². The molecule has 0 spiro atoms. The van der Waals surface area contributed by atoms with Crippen molar-refractivity contribution in [1.82, 2.24) is 5.06 Å². The van der Waals surface area contributed by atoms with Crippen LogP contribution in [-0.2, 0) is 11.2 Å². The molecule has 0 bridgehead atoms. The average molecular weight is 237 g/mol. The van der Waals surface area contributed by atoms with Gasteiger partial charge in [-0.15, -0.1) is 0 Å². The summed E-state index contributed by atoms with van der Waals surface area (Å²) in [5.41, 5.74) is 0.838. The van der Waals surface area contributed by atoms with Crippen molar-refractivity contribution in [2.45, 2.75) is 26.2 Å². The second-order valence-electron chi connectivity index (χ2n) is 3.90. The van der Waals surface area contributed by atoms with E-state index >= 15 is 0 Å². The van der Waals surface area contributed by atoms with Gasteiger partial charge < -0.3 is 4.74 Å². The van der Waals surface area contributed by atoms with Gasteiger partial charge in [0.25, 0.3) is 0 Å². The maximum absolute atomic E-state index is 11.7. The number of carbonyl (C=O) groups excluding carboxylic acids is 1. The summed E-state index contributed by atoms with van der Waals surface area (Å²) >= 11 is 0. The lowest BCUT2D eigenvalue weighted by Gasteiger charge is -2.14. The van der Waals surface area contributed by atoms with Gasteiger partial charge in [-0.2, -0.15) is 0 Å². The molecule has 4 heteroatoms. The summed E-state index contributed by atoms with van der Waals surface area (Å²) in [6.45, 7) is 2.40. The Balaban J connectivity index is 2.54. The van der Waals surface area contributed by atoms with Gasteiger partial charge in [0.1, 0.15) is 5.75 Å².